The molecule has 2 aromatic rings. The molecule has 0 aromatic carbocycles. The van der Waals surface area contributed by atoms with E-state index in [1.54, 1.807) is 0 Å². The van der Waals surface area contributed by atoms with Gasteiger partial charge in [0.25, 0.3) is 0 Å². The highest BCUT2D eigenvalue weighted by Gasteiger charge is 2.42. The molecule has 4 bridgehead atoms. The first-order valence-corrected chi connectivity index (χ1v) is 10.1. The highest BCUT2D eigenvalue weighted by Crippen LogP contribution is 2.54. The van der Waals surface area contributed by atoms with E-state index < -0.39 is 0 Å². The number of aliphatic hydroxyl groups excluding tert-OH is 1. The Morgan fingerprint density at radius 2 is 1.74 bits per heavy atom. The third kappa shape index (κ3) is 2.55. The number of hydrogen-bond acceptors (Lipinski definition) is 5. The third-order valence-electron chi connectivity index (χ3n) is 6.85. The second kappa shape index (κ2) is 6.48. The molecule has 7 nitrogen and oxygen atoms in total. The van der Waals surface area contributed by atoms with E-state index in [1.807, 2.05) is 6.92 Å². The summed E-state index contributed by atoms with van der Waals surface area (Å²) >= 11 is 0. The van der Waals surface area contributed by atoms with Crippen LogP contribution in [0.1, 0.15) is 108 Å². The standard InChI is InChI=1S/C11H14N2O2.C9H12N2O/c1-2-15-11(14)10-8-6-3-4-7(5-6)9(8)12-13-10;12-4-7-8-5-1-2-6(3-5)9(8)11-10-7/h6-7H,2-5H2,1H3,(H,12,13);5-6,12H,1-4H2,(H,10,11). The minimum atomic E-state index is -0.275. The van der Waals surface area contributed by atoms with Gasteiger partial charge in [-0.1, -0.05) is 0 Å². The highest BCUT2D eigenvalue weighted by atomic mass is 16.5. The summed E-state index contributed by atoms with van der Waals surface area (Å²) in [6.45, 7) is 2.34. The zero-order chi connectivity index (χ0) is 18.5. The number of nitrogens with zero attached hydrogens (tertiary/aromatic N) is 2. The molecular weight excluding hydrogens is 344 g/mol. The van der Waals surface area contributed by atoms with Crippen molar-refractivity contribution in [3.63, 3.8) is 0 Å². The quantitative estimate of drug-likeness (QED) is 0.720. The summed E-state index contributed by atoms with van der Waals surface area (Å²) in [5.41, 5.74) is 6.40. The van der Waals surface area contributed by atoms with Crippen molar-refractivity contribution in [2.75, 3.05) is 6.61 Å². The number of aromatic nitrogens is 4. The van der Waals surface area contributed by atoms with Gasteiger partial charge in [-0.25, -0.2) is 4.79 Å². The van der Waals surface area contributed by atoms with E-state index in [4.69, 9.17) is 9.84 Å². The molecule has 0 radical (unpaired) electrons. The lowest BCUT2D eigenvalue weighted by Crippen LogP contribution is -2.09. The van der Waals surface area contributed by atoms with Crippen molar-refractivity contribution >= 4 is 5.97 Å². The maximum Gasteiger partial charge on any atom is 0.359 e. The van der Waals surface area contributed by atoms with Crippen LogP contribution in [0.2, 0.25) is 0 Å². The fourth-order valence-electron chi connectivity index (χ4n) is 5.73. The Balaban J connectivity index is 0.000000121. The van der Waals surface area contributed by atoms with E-state index in [0.717, 1.165) is 11.3 Å². The number of carbonyl (C=O) groups excluding carboxylic acids is 1. The topological polar surface area (TPSA) is 104 Å². The van der Waals surface area contributed by atoms with Crippen molar-refractivity contribution in [2.45, 2.75) is 75.7 Å². The molecule has 2 fully saturated rings. The number of fused-ring (bicyclic) bond motifs is 10. The lowest BCUT2D eigenvalue weighted by Gasteiger charge is -2.09. The Morgan fingerprint density at radius 1 is 1.04 bits per heavy atom. The van der Waals surface area contributed by atoms with E-state index in [-0.39, 0.29) is 12.6 Å². The van der Waals surface area contributed by atoms with Crippen LogP contribution in [0.4, 0.5) is 0 Å². The number of hydrogen-bond donors (Lipinski definition) is 3. The average molecular weight is 370 g/mol. The van der Waals surface area contributed by atoms with E-state index in [0.29, 0.717) is 36.0 Å². The van der Waals surface area contributed by atoms with Gasteiger partial charge in [0.2, 0.25) is 0 Å². The molecule has 0 amide bonds. The first-order chi connectivity index (χ1) is 13.2. The van der Waals surface area contributed by atoms with Crippen LogP contribution in [-0.2, 0) is 11.3 Å². The van der Waals surface area contributed by atoms with Crippen molar-refractivity contribution in [3.05, 3.63) is 33.9 Å². The number of nitrogens with one attached hydrogen (secondary N) is 2. The Bertz CT molecular complexity index is 871. The summed E-state index contributed by atoms with van der Waals surface area (Å²) in [4.78, 5) is 11.6. The van der Waals surface area contributed by atoms with Gasteiger partial charge in [-0.15, -0.1) is 0 Å². The predicted molar refractivity (Wildman–Crippen MR) is 97.7 cm³/mol. The van der Waals surface area contributed by atoms with Crippen LogP contribution in [0.3, 0.4) is 0 Å². The normalized spacial score (nSPS) is 28.7. The van der Waals surface area contributed by atoms with Gasteiger partial charge in [-0.3, -0.25) is 10.2 Å². The van der Waals surface area contributed by atoms with Gasteiger partial charge >= 0.3 is 5.97 Å². The van der Waals surface area contributed by atoms with Crippen molar-refractivity contribution in [1.82, 2.24) is 20.4 Å². The van der Waals surface area contributed by atoms with Crippen LogP contribution in [0, 0.1) is 0 Å². The number of H-pyrrole nitrogens is 2. The summed E-state index contributed by atoms with van der Waals surface area (Å²) in [6, 6.07) is 0. The first kappa shape index (κ1) is 17.0. The van der Waals surface area contributed by atoms with Gasteiger partial charge in [0, 0.05) is 28.7 Å². The molecule has 2 aromatic heterocycles. The number of aliphatic hydroxyl groups is 1. The summed E-state index contributed by atoms with van der Waals surface area (Å²) in [7, 11) is 0. The van der Waals surface area contributed by atoms with E-state index in [2.05, 4.69) is 20.4 Å². The summed E-state index contributed by atoms with van der Waals surface area (Å²) in [6.07, 6.45) is 7.50. The number of rotatable bonds is 3. The second-order valence-corrected chi connectivity index (χ2v) is 8.19. The molecule has 0 saturated heterocycles. The summed E-state index contributed by atoms with van der Waals surface area (Å²) in [5, 5.41) is 23.3. The monoisotopic (exact) mass is 370 g/mol. The Labute approximate surface area is 157 Å². The van der Waals surface area contributed by atoms with Crippen LogP contribution in [0.25, 0.3) is 0 Å². The SMILES string of the molecule is CCOC(=O)c1n[nH]c2c1C1CCC2C1.OCc1[nH]nc2c1C1CCC2C1. The molecule has 4 aliphatic rings. The second-order valence-electron chi connectivity index (χ2n) is 8.19. The molecule has 2 heterocycles. The smallest absolute Gasteiger partial charge is 0.359 e. The minimum Gasteiger partial charge on any atom is -0.461 e. The van der Waals surface area contributed by atoms with Crippen molar-refractivity contribution in [1.29, 1.82) is 0 Å². The lowest BCUT2D eigenvalue weighted by atomic mass is 9.96. The maximum absolute atomic E-state index is 11.6. The number of ether oxygens (including phenoxy) is 1. The van der Waals surface area contributed by atoms with Crippen molar-refractivity contribution in [3.8, 4) is 0 Å². The van der Waals surface area contributed by atoms with E-state index in [9.17, 15) is 4.79 Å². The molecule has 7 heteroatoms. The van der Waals surface area contributed by atoms with Gasteiger partial charge < -0.3 is 9.84 Å². The Kier molecular flexibility index (Phi) is 4.07. The van der Waals surface area contributed by atoms with Crippen molar-refractivity contribution in [2.24, 2.45) is 0 Å². The molecule has 6 rings (SSSR count). The largest absolute Gasteiger partial charge is 0.461 e. The summed E-state index contributed by atoms with van der Waals surface area (Å²) in [5.74, 6) is 2.28. The first-order valence-electron chi connectivity index (χ1n) is 10.1. The molecule has 27 heavy (non-hydrogen) atoms. The van der Waals surface area contributed by atoms with E-state index >= 15 is 0 Å². The molecule has 4 aliphatic carbocycles. The fraction of sp³-hybridized carbons (Fsp3) is 0.650. The third-order valence-corrected chi connectivity index (χ3v) is 6.85. The molecule has 4 unspecified atom stereocenters. The lowest BCUT2D eigenvalue weighted by molar-refractivity contribution is 0.0517. The molecule has 144 valence electrons. The highest BCUT2D eigenvalue weighted by molar-refractivity contribution is 5.89. The van der Waals surface area contributed by atoms with Crippen LogP contribution in [0.5, 0.6) is 0 Å². The molecular formula is C20H26N4O3. The maximum atomic E-state index is 11.6. The molecule has 0 spiro atoms. The number of esters is 1. The molecule has 3 N–H and O–H groups in total. The zero-order valence-corrected chi connectivity index (χ0v) is 15.6. The van der Waals surface area contributed by atoms with Gasteiger partial charge in [0.05, 0.1) is 24.6 Å². The fourth-order valence-corrected chi connectivity index (χ4v) is 5.73. The van der Waals surface area contributed by atoms with Crippen LogP contribution in [-0.4, -0.2) is 38.1 Å². The number of aromatic amines is 2. The number of carbonyl (C=O) groups is 1. The van der Waals surface area contributed by atoms with Crippen molar-refractivity contribution < 1.29 is 14.6 Å². The zero-order valence-electron chi connectivity index (χ0n) is 15.6. The predicted octanol–water partition coefficient (Wildman–Crippen LogP) is 3.22. The van der Waals surface area contributed by atoms with Crippen LogP contribution >= 0.6 is 0 Å². The Morgan fingerprint density at radius 3 is 2.52 bits per heavy atom. The van der Waals surface area contributed by atoms with Gasteiger partial charge in [-0.2, -0.15) is 10.2 Å². The van der Waals surface area contributed by atoms with Gasteiger partial charge in [-0.05, 0) is 57.3 Å². The molecule has 4 atom stereocenters. The molecule has 0 aliphatic heterocycles. The molecule has 2 saturated carbocycles. The van der Waals surface area contributed by atoms with E-state index in [1.165, 1.54) is 55.5 Å². The average Bonchev–Trinajstić information content (AvgIpc) is 3.50. The Hall–Kier alpha value is -2.15. The van der Waals surface area contributed by atoms with Gasteiger partial charge in [0.15, 0.2) is 5.69 Å². The summed E-state index contributed by atoms with van der Waals surface area (Å²) < 4.78 is 5.00. The van der Waals surface area contributed by atoms with Gasteiger partial charge in [0.1, 0.15) is 0 Å². The van der Waals surface area contributed by atoms with Crippen LogP contribution < -0.4 is 0 Å². The minimum absolute atomic E-state index is 0.117. The van der Waals surface area contributed by atoms with Crippen LogP contribution in [0.15, 0.2) is 0 Å².